The van der Waals surface area contributed by atoms with Crippen molar-refractivity contribution in [2.24, 2.45) is 0 Å². The summed E-state index contributed by atoms with van der Waals surface area (Å²) >= 11 is 9.62. The van der Waals surface area contributed by atoms with Crippen molar-refractivity contribution in [3.63, 3.8) is 0 Å². The molecule has 0 atom stereocenters. The van der Waals surface area contributed by atoms with Gasteiger partial charge in [0.1, 0.15) is 0 Å². The number of aryl methyl sites for hydroxylation is 2. The number of amides is 1. The van der Waals surface area contributed by atoms with Crippen molar-refractivity contribution in [3.05, 3.63) is 93.2 Å². The number of carbonyl (C=O) groups excluding carboxylic acids is 1. The topological polar surface area (TPSA) is 59.8 Å². The second-order valence-electron chi connectivity index (χ2n) is 6.91. The fourth-order valence-corrected chi connectivity index (χ4v) is 3.45. The quantitative estimate of drug-likeness (QED) is 0.376. The number of hydrogen-bond donors (Lipinski definition) is 1. The zero-order valence-electron chi connectivity index (χ0n) is 16.4. The van der Waals surface area contributed by atoms with Crippen molar-refractivity contribution in [1.82, 2.24) is 14.8 Å². The van der Waals surface area contributed by atoms with E-state index in [0.29, 0.717) is 16.5 Å². The van der Waals surface area contributed by atoms with E-state index < -0.39 is 0 Å². The van der Waals surface area contributed by atoms with Gasteiger partial charge < -0.3 is 5.32 Å². The first-order chi connectivity index (χ1) is 14.4. The molecular weight excluding hydrogens is 464 g/mol. The molecule has 5 nitrogen and oxygen atoms in total. The van der Waals surface area contributed by atoms with Crippen LogP contribution in [-0.2, 0) is 0 Å². The Bertz CT molecular complexity index is 1230. The molecule has 0 aliphatic carbocycles. The summed E-state index contributed by atoms with van der Waals surface area (Å²) in [5.41, 5.74) is 4.51. The average molecular weight is 482 g/mol. The first-order valence-electron chi connectivity index (χ1n) is 9.28. The summed E-state index contributed by atoms with van der Waals surface area (Å²) in [4.78, 5) is 17.4. The smallest absolute Gasteiger partial charge is 0.295 e. The SMILES string of the molecule is Cc1ccc(NC(=O)c2nc(-c3cccc(Cl)c3)n(-c3ccc(Br)cc3)n2)cc1C. The summed E-state index contributed by atoms with van der Waals surface area (Å²) in [7, 11) is 0. The standard InChI is InChI=1S/C23H18BrClN4O/c1-14-6-9-19(12-15(14)2)26-23(30)21-27-22(16-4-3-5-18(25)13-16)29(28-21)20-10-7-17(24)8-11-20/h3-13H,1-2H3,(H,26,30). The molecule has 1 amide bonds. The summed E-state index contributed by atoms with van der Waals surface area (Å²) < 4.78 is 2.59. The van der Waals surface area contributed by atoms with Gasteiger partial charge in [-0.15, -0.1) is 5.10 Å². The molecule has 4 rings (SSSR count). The first-order valence-corrected chi connectivity index (χ1v) is 10.5. The molecule has 0 aliphatic heterocycles. The summed E-state index contributed by atoms with van der Waals surface area (Å²) in [6, 6.07) is 20.7. The Morgan fingerprint density at radius 3 is 2.47 bits per heavy atom. The lowest BCUT2D eigenvalue weighted by Crippen LogP contribution is -2.14. The highest BCUT2D eigenvalue weighted by atomic mass is 79.9. The number of halogens is 2. The van der Waals surface area contributed by atoms with Gasteiger partial charge in [0.05, 0.1) is 5.69 Å². The van der Waals surface area contributed by atoms with Gasteiger partial charge in [-0.25, -0.2) is 9.67 Å². The van der Waals surface area contributed by atoms with Crippen LogP contribution in [0.15, 0.2) is 71.2 Å². The molecule has 0 fully saturated rings. The Morgan fingerprint density at radius 1 is 1.00 bits per heavy atom. The molecule has 1 aromatic heterocycles. The fraction of sp³-hybridized carbons (Fsp3) is 0.0870. The number of aromatic nitrogens is 3. The van der Waals surface area contributed by atoms with Crippen molar-refractivity contribution in [1.29, 1.82) is 0 Å². The highest BCUT2D eigenvalue weighted by Gasteiger charge is 2.19. The van der Waals surface area contributed by atoms with Crippen molar-refractivity contribution in [2.75, 3.05) is 5.32 Å². The molecule has 30 heavy (non-hydrogen) atoms. The summed E-state index contributed by atoms with van der Waals surface area (Å²) in [5, 5.41) is 7.95. The predicted octanol–water partition coefficient (Wildman–Crippen LogP) is 6.22. The summed E-state index contributed by atoms with van der Waals surface area (Å²) in [5.74, 6) is 0.230. The van der Waals surface area contributed by atoms with E-state index in [1.165, 1.54) is 0 Å². The molecule has 0 saturated heterocycles. The van der Waals surface area contributed by atoms with E-state index in [1.807, 2.05) is 68.4 Å². The minimum absolute atomic E-state index is 0.0751. The van der Waals surface area contributed by atoms with Crippen molar-refractivity contribution >= 4 is 39.1 Å². The van der Waals surface area contributed by atoms with E-state index in [2.05, 4.69) is 31.3 Å². The summed E-state index contributed by atoms with van der Waals surface area (Å²) in [6.45, 7) is 4.03. The van der Waals surface area contributed by atoms with Gasteiger partial charge in [0.2, 0.25) is 5.82 Å². The number of carbonyl (C=O) groups is 1. The number of benzene rings is 3. The van der Waals surface area contributed by atoms with E-state index in [1.54, 1.807) is 16.8 Å². The van der Waals surface area contributed by atoms with Crippen LogP contribution in [0.3, 0.4) is 0 Å². The van der Waals surface area contributed by atoms with Crippen LogP contribution in [0, 0.1) is 13.8 Å². The van der Waals surface area contributed by atoms with Crippen LogP contribution in [0.5, 0.6) is 0 Å². The molecular formula is C23H18BrClN4O. The third-order valence-corrected chi connectivity index (χ3v) is 5.49. The highest BCUT2D eigenvalue weighted by Crippen LogP contribution is 2.25. The lowest BCUT2D eigenvalue weighted by molar-refractivity contribution is 0.101. The molecule has 0 bridgehead atoms. The van der Waals surface area contributed by atoms with E-state index in [4.69, 9.17) is 11.6 Å². The normalized spacial score (nSPS) is 10.8. The number of rotatable bonds is 4. The number of nitrogens with one attached hydrogen (secondary N) is 1. The third-order valence-electron chi connectivity index (χ3n) is 4.73. The zero-order valence-corrected chi connectivity index (χ0v) is 18.7. The van der Waals surface area contributed by atoms with E-state index in [0.717, 1.165) is 26.9 Å². The minimum atomic E-state index is -0.377. The molecule has 0 aliphatic rings. The van der Waals surface area contributed by atoms with E-state index >= 15 is 0 Å². The zero-order chi connectivity index (χ0) is 21.3. The van der Waals surface area contributed by atoms with Gasteiger partial charge in [-0.3, -0.25) is 4.79 Å². The maximum absolute atomic E-state index is 12.9. The maximum atomic E-state index is 12.9. The van der Waals surface area contributed by atoms with Gasteiger partial charge >= 0.3 is 0 Å². The van der Waals surface area contributed by atoms with Crippen molar-refractivity contribution in [2.45, 2.75) is 13.8 Å². The lowest BCUT2D eigenvalue weighted by atomic mass is 10.1. The molecule has 0 unspecified atom stereocenters. The molecule has 3 aromatic carbocycles. The average Bonchev–Trinajstić information content (AvgIpc) is 3.17. The van der Waals surface area contributed by atoms with Crippen LogP contribution in [0.25, 0.3) is 17.1 Å². The number of anilines is 1. The van der Waals surface area contributed by atoms with Crippen LogP contribution < -0.4 is 5.32 Å². The molecule has 4 aromatic rings. The maximum Gasteiger partial charge on any atom is 0.295 e. The minimum Gasteiger partial charge on any atom is -0.319 e. The number of hydrogen-bond acceptors (Lipinski definition) is 3. The Hall–Kier alpha value is -2.96. The van der Waals surface area contributed by atoms with Crippen LogP contribution in [0.4, 0.5) is 5.69 Å². The Morgan fingerprint density at radius 2 is 1.77 bits per heavy atom. The second kappa shape index (κ2) is 8.42. The van der Waals surface area contributed by atoms with Gasteiger partial charge in [0.15, 0.2) is 5.82 Å². The largest absolute Gasteiger partial charge is 0.319 e. The Kier molecular flexibility index (Phi) is 5.70. The molecule has 7 heteroatoms. The molecule has 1 heterocycles. The van der Waals surface area contributed by atoms with Crippen LogP contribution in [-0.4, -0.2) is 20.7 Å². The van der Waals surface area contributed by atoms with Gasteiger partial charge in [-0.05, 0) is 73.5 Å². The monoisotopic (exact) mass is 480 g/mol. The van der Waals surface area contributed by atoms with Crippen molar-refractivity contribution < 1.29 is 4.79 Å². The lowest BCUT2D eigenvalue weighted by Gasteiger charge is -2.06. The van der Waals surface area contributed by atoms with E-state index in [-0.39, 0.29) is 11.7 Å². The van der Waals surface area contributed by atoms with Crippen LogP contribution >= 0.6 is 27.5 Å². The van der Waals surface area contributed by atoms with Gasteiger partial charge in [0.25, 0.3) is 5.91 Å². The van der Waals surface area contributed by atoms with Gasteiger partial charge in [-0.2, -0.15) is 0 Å². The Balaban J connectivity index is 1.75. The second-order valence-corrected chi connectivity index (χ2v) is 8.26. The molecule has 1 N–H and O–H groups in total. The fourth-order valence-electron chi connectivity index (χ4n) is 2.99. The van der Waals surface area contributed by atoms with Gasteiger partial charge in [-0.1, -0.05) is 45.7 Å². The molecule has 0 spiro atoms. The molecule has 150 valence electrons. The van der Waals surface area contributed by atoms with Crippen LogP contribution in [0.1, 0.15) is 21.7 Å². The molecule has 0 saturated carbocycles. The van der Waals surface area contributed by atoms with Crippen molar-refractivity contribution in [3.8, 4) is 17.1 Å². The predicted molar refractivity (Wildman–Crippen MR) is 123 cm³/mol. The first kappa shape index (κ1) is 20.3. The Labute approximate surface area is 187 Å². The van der Waals surface area contributed by atoms with Crippen LogP contribution in [0.2, 0.25) is 5.02 Å². The molecule has 0 radical (unpaired) electrons. The summed E-state index contributed by atoms with van der Waals surface area (Å²) in [6.07, 6.45) is 0. The highest BCUT2D eigenvalue weighted by molar-refractivity contribution is 9.10. The number of nitrogens with zero attached hydrogens (tertiary/aromatic N) is 3. The third kappa shape index (κ3) is 4.30. The van der Waals surface area contributed by atoms with E-state index in [9.17, 15) is 4.79 Å². The van der Waals surface area contributed by atoms with Gasteiger partial charge in [0, 0.05) is 20.7 Å².